The standard InChI is InChI=1S/C12H21N3OS/c1-8(2)9(7-13)10(16)15-12(3,4)11-14-5-6-17-11/h5-6,8-9H,7,13H2,1-4H3,(H,15,16). The Morgan fingerprint density at radius 3 is 2.65 bits per heavy atom. The smallest absolute Gasteiger partial charge is 0.225 e. The minimum Gasteiger partial charge on any atom is -0.344 e. The quantitative estimate of drug-likeness (QED) is 0.842. The number of carbonyl (C=O) groups is 1. The van der Waals surface area contributed by atoms with Crippen LogP contribution in [0, 0.1) is 11.8 Å². The number of nitrogens with one attached hydrogen (secondary N) is 1. The zero-order valence-electron chi connectivity index (χ0n) is 10.9. The SMILES string of the molecule is CC(C)C(CN)C(=O)NC(C)(C)c1nccs1. The van der Waals surface area contributed by atoms with Gasteiger partial charge < -0.3 is 11.1 Å². The number of thiazole rings is 1. The second-order valence-corrected chi connectivity index (χ2v) is 5.93. The van der Waals surface area contributed by atoms with Gasteiger partial charge in [-0.25, -0.2) is 4.98 Å². The molecule has 4 nitrogen and oxygen atoms in total. The van der Waals surface area contributed by atoms with Crippen LogP contribution in [0.5, 0.6) is 0 Å². The Kier molecular flexibility index (Phi) is 4.65. The van der Waals surface area contributed by atoms with Crippen molar-refractivity contribution < 1.29 is 4.79 Å². The molecule has 0 fully saturated rings. The number of amides is 1. The monoisotopic (exact) mass is 255 g/mol. The molecule has 0 bridgehead atoms. The van der Waals surface area contributed by atoms with E-state index in [9.17, 15) is 4.79 Å². The van der Waals surface area contributed by atoms with Gasteiger partial charge >= 0.3 is 0 Å². The maximum atomic E-state index is 12.1. The number of aromatic nitrogens is 1. The van der Waals surface area contributed by atoms with E-state index in [4.69, 9.17) is 5.73 Å². The van der Waals surface area contributed by atoms with Gasteiger partial charge in [0.05, 0.1) is 11.5 Å². The summed E-state index contributed by atoms with van der Waals surface area (Å²) in [7, 11) is 0. The van der Waals surface area contributed by atoms with E-state index in [0.29, 0.717) is 6.54 Å². The average Bonchev–Trinajstić information content (AvgIpc) is 2.69. The van der Waals surface area contributed by atoms with Crippen LogP contribution >= 0.6 is 11.3 Å². The lowest BCUT2D eigenvalue weighted by molar-refractivity contribution is -0.127. The molecule has 1 heterocycles. The molecule has 1 amide bonds. The highest BCUT2D eigenvalue weighted by atomic mass is 32.1. The lowest BCUT2D eigenvalue weighted by Gasteiger charge is -2.27. The van der Waals surface area contributed by atoms with Gasteiger partial charge in [0.25, 0.3) is 0 Å². The van der Waals surface area contributed by atoms with Gasteiger partial charge in [0.1, 0.15) is 5.01 Å². The molecule has 0 radical (unpaired) electrons. The molecule has 1 aromatic rings. The molecule has 0 aromatic carbocycles. The summed E-state index contributed by atoms with van der Waals surface area (Å²) in [5, 5.41) is 5.84. The van der Waals surface area contributed by atoms with Gasteiger partial charge in [-0.1, -0.05) is 13.8 Å². The molecule has 17 heavy (non-hydrogen) atoms. The molecule has 0 saturated heterocycles. The number of nitrogens with zero attached hydrogens (tertiary/aromatic N) is 1. The first-order valence-corrected chi connectivity index (χ1v) is 6.68. The molecule has 3 N–H and O–H groups in total. The number of hydrogen-bond acceptors (Lipinski definition) is 4. The molecule has 0 aliphatic heterocycles. The summed E-state index contributed by atoms with van der Waals surface area (Å²) in [4.78, 5) is 16.4. The van der Waals surface area contributed by atoms with Gasteiger partial charge in [-0.3, -0.25) is 4.79 Å². The first-order valence-electron chi connectivity index (χ1n) is 5.80. The predicted octanol–water partition coefficient (Wildman–Crippen LogP) is 1.73. The van der Waals surface area contributed by atoms with Gasteiger partial charge in [-0.15, -0.1) is 11.3 Å². The van der Waals surface area contributed by atoms with Crippen LogP contribution < -0.4 is 11.1 Å². The fourth-order valence-electron chi connectivity index (χ4n) is 1.67. The third kappa shape index (κ3) is 3.51. The Hall–Kier alpha value is -0.940. The number of carbonyl (C=O) groups excluding carboxylic acids is 1. The highest BCUT2D eigenvalue weighted by molar-refractivity contribution is 7.09. The molecule has 0 spiro atoms. The van der Waals surface area contributed by atoms with Gasteiger partial charge in [0.2, 0.25) is 5.91 Å². The summed E-state index contributed by atoms with van der Waals surface area (Å²) in [5.74, 6) is 0.101. The van der Waals surface area contributed by atoms with Crippen LogP contribution in [0.25, 0.3) is 0 Å². The van der Waals surface area contributed by atoms with Crippen molar-refractivity contribution in [1.29, 1.82) is 0 Å². The van der Waals surface area contributed by atoms with Crippen LogP contribution in [0.4, 0.5) is 0 Å². The minimum atomic E-state index is -0.437. The van der Waals surface area contributed by atoms with Crippen LogP contribution in [0.15, 0.2) is 11.6 Å². The van der Waals surface area contributed by atoms with Crippen molar-refractivity contribution in [2.45, 2.75) is 33.2 Å². The van der Waals surface area contributed by atoms with Gasteiger partial charge in [0, 0.05) is 18.1 Å². The van der Waals surface area contributed by atoms with Crippen molar-refractivity contribution in [3.8, 4) is 0 Å². The zero-order valence-corrected chi connectivity index (χ0v) is 11.7. The highest BCUT2D eigenvalue weighted by Crippen LogP contribution is 2.23. The first kappa shape index (κ1) is 14.1. The molecule has 1 atom stereocenters. The molecule has 0 saturated carbocycles. The van der Waals surface area contributed by atoms with E-state index in [0.717, 1.165) is 5.01 Å². The molecule has 5 heteroatoms. The molecular weight excluding hydrogens is 234 g/mol. The predicted molar refractivity (Wildman–Crippen MR) is 70.7 cm³/mol. The summed E-state index contributed by atoms with van der Waals surface area (Å²) in [6.45, 7) is 8.30. The van der Waals surface area contributed by atoms with E-state index in [1.807, 2.05) is 33.1 Å². The zero-order chi connectivity index (χ0) is 13.1. The van der Waals surface area contributed by atoms with Crippen molar-refractivity contribution in [1.82, 2.24) is 10.3 Å². The molecule has 0 aliphatic rings. The van der Waals surface area contributed by atoms with Crippen LogP contribution in [-0.4, -0.2) is 17.4 Å². The molecule has 1 rings (SSSR count). The average molecular weight is 255 g/mol. The van der Waals surface area contributed by atoms with Gasteiger partial charge in [-0.05, 0) is 19.8 Å². The Balaban J connectivity index is 2.74. The maximum Gasteiger partial charge on any atom is 0.225 e. The second kappa shape index (κ2) is 5.60. The summed E-state index contributed by atoms with van der Waals surface area (Å²) in [6, 6.07) is 0. The first-order chi connectivity index (χ1) is 7.88. The Labute approximate surface area is 107 Å². The van der Waals surface area contributed by atoms with Gasteiger partial charge in [0.15, 0.2) is 0 Å². The fraction of sp³-hybridized carbons (Fsp3) is 0.667. The van der Waals surface area contributed by atoms with E-state index in [1.54, 1.807) is 17.5 Å². The summed E-state index contributed by atoms with van der Waals surface area (Å²) in [6.07, 6.45) is 1.75. The molecule has 0 aliphatic carbocycles. The van der Waals surface area contributed by atoms with Crippen molar-refractivity contribution in [3.63, 3.8) is 0 Å². The van der Waals surface area contributed by atoms with E-state index in [1.165, 1.54) is 0 Å². The molecule has 1 aromatic heterocycles. The highest BCUT2D eigenvalue weighted by Gasteiger charge is 2.29. The van der Waals surface area contributed by atoms with Crippen molar-refractivity contribution in [3.05, 3.63) is 16.6 Å². The van der Waals surface area contributed by atoms with Crippen molar-refractivity contribution >= 4 is 17.2 Å². The van der Waals surface area contributed by atoms with Crippen LogP contribution in [-0.2, 0) is 10.3 Å². The molecule has 1 unspecified atom stereocenters. The van der Waals surface area contributed by atoms with E-state index >= 15 is 0 Å². The molecule has 96 valence electrons. The third-order valence-electron chi connectivity index (χ3n) is 2.80. The number of nitrogens with two attached hydrogens (primary N) is 1. The Morgan fingerprint density at radius 1 is 1.59 bits per heavy atom. The normalized spacial score (nSPS) is 13.8. The number of rotatable bonds is 5. The van der Waals surface area contributed by atoms with Gasteiger partial charge in [-0.2, -0.15) is 0 Å². The van der Waals surface area contributed by atoms with Crippen LogP contribution in [0.2, 0.25) is 0 Å². The van der Waals surface area contributed by atoms with E-state index in [-0.39, 0.29) is 17.7 Å². The summed E-state index contributed by atoms with van der Waals surface area (Å²) in [5.41, 5.74) is 5.20. The van der Waals surface area contributed by atoms with Crippen LogP contribution in [0.1, 0.15) is 32.7 Å². The Morgan fingerprint density at radius 2 is 2.24 bits per heavy atom. The van der Waals surface area contributed by atoms with Crippen molar-refractivity contribution in [2.24, 2.45) is 17.6 Å². The second-order valence-electron chi connectivity index (χ2n) is 5.04. The largest absolute Gasteiger partial charge is 0.344 e. The minimum absolute atomic E-state index is 0.00250. The van der Waals surface area contributed by atoms with Crippen molar-refractivity contribution in [2.75, 3.05) is 6.54 Å². The van der Waals surface area contributed by atoms with E-state index in [2.05, 4.69) is 10.3 Å². The molecular formula is C12H21N3OS. The summed E-state index contributed by atoms with van der Waals surface area (Å²) < 4.78 is 0. The summed E-state index contributed by atoms with van der Waals surface area (Å²) >= 11 is 1.54. The lowest BCUT2D eigenvalue weighted by Crippen LogP contribution is -2.47. The number of hydrogen-bond donors (Lipinski definition) is 2. The Bertz CT molecular complexity index is 360. The fourth-order valence-corrected chi connectivity index (χ4v) is 2.39. The van der Waals surface area contributed by atoms with E-state index < -0.39 is 5.54 Å². The third-order valence-corrected chi connectivity index (χ3v) is 3.89. The van der Waals surface area contributed by atoms with Crippen LogP contribution in [0.3, 0.4) is 0 Å². The topological polar surface area (TPSA) is 68.0 Å². The lowest BCUT2D eigenvalue weighted by atomic mass is 9.93. The maximum absolute atomic E-state index is 12.1.